The molecule has 3 saturated carbocycles. The number of ketones is 2. The molecule has 2 bridgehead atoms. The molecule has 11 nitrogen and oxygen atoms in total. The number of benzene rings is 1. The molecule has 6 atom stereocenters. The number of rotatable bonds is 6. The Morgan fingerprint density at radius 2 is 1.76 bits per heavy atom. The average Bonchev–Trinajstić information content (AvgIpc) is 3.52. The minimum absolute atomic E-state index is 0.0466. The number of Topliss-reactive ketones (excluding diaryl/α,β-unsaturated/α-hetero) is 2. The third-order valence-electron chi connectivity index (χ3n) is 10.3. The van der Waals surface area contributed by atoms with Crippen LogP contribution in [0, 0.1) is 23.7 Å². The number of hydrogen-bond acceptors (Lipinski definition) is 10. The molecule has 7 rings (SSSR count). The summed E-state index contributed by atoms with van der Waals surface area (Å²) in [4.78, 5) is 43.2. The Morgan fingerprint density at radius 3 is 2.32 bits per heavy atom. The van der Waals surface area contributed by atoms with Gasteiger partial charge in [0.15, 0.2) is 11.4 Å². The summed E-state index contributed by atoms with van der Waals surface area (Å²) in [7, 11) is 6.94. The number of fused-ring (bicyclic) bond motifs is 4. The fourth-order valence-electron chi connectivity index (χ4n) is 8.34. The number of hydrogen-bond donors (Lipinski definition) is 6. The number of anilines is 1. The van der Waals surface area contributed by atoms with Crippen molar-refractivity contribution in [3.63, 3.8) is 0 Å². The van der Waals surface area contributed by atoms with Crippen molar-refractivity contribution in [2.24, 2.45) is 29.4 Å². The number of carbonyl (C=O) groups is 3. The number of aliphatic hydroxyl groups is 3. The zero-order chi connectivity index (χ0) is 29.7. The van der Waals surface area contributed by atoms with Crippen molar-refractivity contribution >= 4 is 23.2 Å². The molecule has 7 N–H and O–H groups in total. The third-order valence-corrected chi connectivity index (χ3v) is 10.3. The molecule has 2 unspecified atom stereocenters. The molecule has 6 aliphatic carbocycles. The lowest BCUT2D eigenvalue weighted by Gasteiger charge is -2.50. The van der Waals surface area contributed by atoms with Crippen LogP contribution in [0.4, 0.5) is 5.69 Å². The maximum absolute atomic E-state index is 14.1. The summed E-state index contributed by atoms with van der Waals surface area (Å²) in [5.74, 6) is -5.12. The highest BCUT2D eigenvalue weighted by molar-refractivity contribution is 6.25. The van der Waals surface area contributed by atoms with E-state index in [-0.39, 0.29) is 29.7 Å². The van der Waals surface area contributed by atoms with Crippen molar-refractivity contribution in [2.75, 3.05) is 33.1 Å². The molecule has 1 aromatic carbocycles. The number of nitrogens with zero attached hydrogens (tertiary/aromatic N) is 2. The van der Waals surface area contributed by atoms with Gasteiger partial charge in [-0.05, 0) is 75.6 Å². The molecule has 0 radical (unpaired) electrons. The van der Waals surface area contributed by atoms with Gasteiger partial charge in [0, 0.05) is 49.4 Å². The number of allylic oxidation sites excluding steroid dienone is 1. The van der Waals surface area contributed by atoms with E-state index in [2.05, 4.69) is 5.32 Å². The first-order valence-corrected chi connectivity index (χ1v) is 14.2. The molecule has 3 fully saturated rings. The number of nitrogens with one attached hydrogen (secondary N) is 1. The van der Waals surface area contributed by atoms with Crippen molar-refractivity contribution in [1.82, 2.24) is 10.2 Å². The molecule has 0 spiro atoms. The predicted octanol–water partition coefficient (Wildman–Crippen LogP) is 1.07. The molecule has 41 heavy (non-hydrogen) atoms. The van der Waals surface area contributed by atoms with Crippen LogP contribution >= 0.6 is 0 Å². The smallest absolute Gasteiger partial charge is 0.255 e. The Bertz CT molecular complexity index is 1430. The lowest BCUT2D eigenvalue weighted by molar-refractivity contribution is -0.148. The second-order valence-electron chi connectivity index (χ2n) is 12.9. The number of likely N-dealkylation sites (N-methyl/N-ethyl adjacent to an activating group) is 1. The molecular formula is C30H38N4O7. The number of primary amides is 1. The van der Waals surface area contributed by atoms with Crippen LogP contribution in [-0.4, -0.2) is 88.7 Å². The summed E-state index contributed by atoms with van der Waals surface area (Å²) in [6.45, 7) is 0.375. The minimum Gasteiger partial charge on any atom is -0.510 e. The molecule has 11 heteroatoms. The van der Waals surface area contributed by atoms with Gasteiger partial charge < -0.3 is 36.4 Å². The van der Waals surface area contributed by atoms with Crippen molar-refractivity contribution in [3.05, 3.63) is 45.4 Å². The Balaban J connectivity index is 1.46. The first kappa shape index (κ1) is 27.7. The molecule has 6 aliphatic rings. The van der Waals surface area contributed by atoms with E-state index in [0.717, 1.165) is 5.69 Å². The molecule has 1 amide bonds. The van der Waals surface area contributed by atoms with Gasteiger partial charge in [-0.15, -0.1) is 0 Å². The van der Waals surface area contributed by atoms with Crippen LogP contribution in [0.15, 0.2) is 28.7 Å². The van der Waals surface area contributed by atoms with Gasteiger partial charge in [-0.2, -0.15) is 0 Å². The number of aromatic hydroxyl groups is 1. The van der Waals surface area contributed by atoms with Crippen LogP contribution in [0.25, 0.3) is 0 Å². The summed E-state index contributed by atoms with van der Waals surface area (Å²) in [6.07, 6.45) is 3.96. The molecule has 220 valence electrons. The average molecular weight is 567 g/mol. The maximum Gasteiger partial charge on any atom is 0.255 e. The second-order valence-corrected chi connectivity index (χ2v) is 12.9. The van der Waals surface area contributed by atoms with Gasteiger partial charge in [-0.3, -0.25) is 19.3 Å². The van der Waals surface area contributed by atoms with Gasteiger partial charge in [0.05, 0.1) is 11.6 Å². The van der Waals surface area contributed by atoms with E-state index in [0.29, 0.717) is 35.5 Å². The van der Waals surface area contributed by atoms with E-state index >= 15 is 0 Å². The van der Waals surface area contributed by atoms with Gasteiger partial charge in [-0.1, -0.05) is 0 Å². The van der Waals surface area contributed by atoms with Crippen LogP contribution < -0.4 is 16.0 Å². The summed E-state index contributed by atoms with van der Waals surface area (Å²) < 4.78 is 0. The van der Waals surface area contributed by atoms with E-state index in [1.807, 2.05) is 25.1 Å². The number of nitrogens with two attached hydrogens (primary N) is 1. The Kier molecular flexibility index (Phi) is 6.29. The quantitative estimate of drug-likeness (QED) is 0.273. The molecule has 0 aliphatic heterocycles. The topological polar surface area (TPSA) is 177 Å². The van der Waals surface area contributed by atoms with Crippen LogP contribution in [-0.2, 0) is 22.6 Å². The van der Waals surface area contributed by atoms with Gasteiger partial charge in [-0.25, -0.2) is 0 Å². The summed E-state index contributed by atoms with van der Waals surface area (Å²) in [6, 6.07) is 1.27. The highest BCUT2D eigenvalue weighted by atomic mass is 16.3. The van der Waals surface area contributed by atoms with Crippen molar-refractivity contribution in [2.45, 2.75) is 56.3 Å². The van der Waals surface area contributed by atoms with Crippen LogP contribution in [0.1, 0.15) is 47.2 Å². The highest BCUT2D eigenvalue weighted by Crippen LogP contribution is 2.54. The fourth-order valence-corrected chi connectivity index (χ4v) is 8.34. The second kappa shape index (κ2) is 9.30. The van der Waals surface area contributed by atoms with Crippen LogP contribution in [0.3, 0.4) is 0 Å². The Morgan fingerprint density at radius 1 is 1.10 bits per heavy atom. The first-order chi connectivity index (χ1) is 19.3. The van der Waals surface area contributed by atoms with Crippen LogP contribution in [0.2, 0.25) is 0 Å². The van der Waals surface area contributed by atoms with E-state index in [9.17, 15) is 34.8 Å². The molecule has 1 aromatic rings. The zero-order valence-electron chi connectivity index (χ0n) is 23.8. The van der Waals surface area contributed by atoms with Crippen molar-refractivity contribution in [1.29, 1.82) is 0 Å². The van der Waals surface area contributed by atoms with Crippen molar-refractivity contribution in [3.8, 4) is 5.75 Å². The number of carbonyl (C=O) groups excluding carboxylic acids is 3. The van der Waals surface area contributed by atoms with Gasteiger partial charge in [0.25, 0.3) is 5.91 Å². The van der Waals surface area contributed by atoms with E-state index in [1.54, 1.807) is 19.0 Å². The van der Waals surface area contributed by atoms with Gasteiger partial charge in [0.2, 0.25) is 5.78 Å². The molecule has 0 saturated heterocycles. The van der Waals surface area contributed by atoms with Gasteiger partial charge >= 0.3 is 0 Å². The normalized spacial score (nSPS) is 33.9. The SMILES string of the molecule is CN(C)c1cc(CNC2C3CCC2C3)c(O)c2c1C[C@H]1C[C@H]3[C@H](N(C)C)C(O)=C(C(N)=O)C(=O)[C@@]3(O)C(O)=C1C2=O. The lowest BCUT2D eigenvalue weighted by atomic mass is 9.58. The summed E-state index contributed by atoms with van der Waals surface area (Å²) in [5, 5.41) is 49.3. The first-order valence-electron chi connectivity index (χ1n) is 14.2. The maximum atomic E-state index is 14.1. The fraction of sp³-hybridized carbons (Fsp3) is 0.567. The molecule has 0 heterocycles. The predicted molar refractivity (Wildman–Crippen MR) is 149 cm³/mol. The standard InChI is InChI=1S/C30H38N4O7/c1-33(2)18-10-15(11-32-22-12-5-6-13(22)7-12)24(35)20-16(18)8-14-9-17-23(34(3)4)26(37)21(29(31)40)28(39)30(17,41)27(38)19(14)25(20)36/h10,12-14,17,22-23,32,35,37-38,41H,5-9,11H2,1-4H3,(H2,31,40)/t12?,13?,14-,17-,22?,23-,30-/m0/s1. The van der Waals surface area contributed by atoms with E-state index in [1.165, 1.54) is 19.3 Å². The largest absolute Gasteiger partial charge is 0.510 e. The highest BCUT2D eigenvalue weighted by Gasteiger charge is 2.63. The third kappa shape index (κ3) is 3.71. The van der Waals surface area contributed by atoms with E-state index in [4.69, 9.17) is 5.73 Å². The summed E-state index contributed by atoms with van der Waals surface area (Å²) in [5.41, 5.74) is 3.80. The zero-order valence-corrected chi connectivity index (χ0v) is 23.8. The summed E-state index contributed by atoms with van der Waals surface area (Å²) >= 11 is 0. The number of aliphatic hydroxyl groups excluding tert-OH is 2. The minimum atomic E-state index is -2.65. The molecule has 0 aromatic heterocycles. The van der Waals surface area contributed by atoms with Crippen molar-refractivity contribution < 1.29 is 34.8 Å². The number of amides is 1. The van der Waals surface area contributed by atoms with Gasteiger partial charge in [0.1, 0.15) is 22.8 Å². The Hall–Kier alpha value is -3.41. The Labute approximate surface area is 238 Å². The number of phenols is 1. The lowest BCUT2D eigenvalue weighted by Crippen LogP contribution is -2.63. The number of phenolic OH excluding ortho intramolecular Hbond substituents is 1. The van der Waals surface area contributed by atoms with E-state index < -0.39 is 58.0 Å². The molecular weight excluding hydrogens is 528 g/mol. The van der Waals surface area contributed by atoms with Crippen LogP contribution in [0.5, 0.6) is 5.75 Å². The monoisotopic (exact) mass is 566 g/mol.